The fourth-order valence-electron chi connectivity index (χ4n) is 1.36. The van der Waals surface area contributed by atoms with Crippen molar-refractivity contribution in [3.63, 3.8) is 0 Å². The second kappa shape index (κ2) is 7.00. The van der Waals surface area contributed by atoms with Crippen molar-refractivity contribution in [1.82, 2.24) is 0 Å². The van der Waals surface area contributed by atoms with Crippen LogP contribution in [-0.2, 0) is 25.6 Å². The average Bonchev–Trinajstić information content (AvgIpc) is 2.33. The van der Waals surface area contributed by atoms with E-state index in [9.17, 15) is 13.5 Å². The molecule has 0 saturated carbocycles. The van der Waals surface area contributed by atoms with Crippen LogP contribution in [0.1, 0.15) is 18.9 Å². The summed E-state index contributed by atoms with van der Waals surface area (Å²) in [5.41, 5.74) is -0.172. The van der Waals surface area contributed by atoms with Crippen molar-refractivity contribution in [1.29, 1.82) is 0 Å². The molecule has 0 amide bonds. The minimum atomic E-state index is -3.53. The monoisotopic (exact) mass is 288 g/mol. The molecule has 0 fully saturated rings. The van der Waals surface area contributed by atoms with Gasteiger partial charge in [0.25, 0.3) is 10.1 Å². The van der Waals surface area contributed by atoms with Crippen LogP contribution in [0.25, 0.3) is 0 Å². The fourth-order valence-corrected chi connectivity index (χ4v) is 1.83. The summed E-state index contributed by atoms with van der Waals surface area (Å²) in [5.74, 6) is 0. The Morgan fingerprint density at radius 3 is 2.47 bits per heavy atom. The first-order valence-corrected chi connectivity index (χ1v) is 7.79. The van der Waals surface area contributed by atoms with Gasteiger partial charge in [0.15, 0.2) is 0 Å². The lowest BCUT2D eigenvalue weighted by Crippen LogP contribution is -2.33. The minimum Gasteiger partial charge on any atom is -0.388 e. The highest BCUT2D eigenvalue weighted by Crippen LogP contribution is 2.12. The predicted octanol–water partition coefficient (Wildman–Crippen LogP) is 1.32. The smallest absolute Gasteiger partial charge is 0.264 e. The summed E-state index contributed by atoms with van der Waals surface area (Å²) in [6.07, 6.45) is 1.25. The quantitative estimate of drug-likeness (QED) is 0.577. The summed E-state index contributed by atoms with van der Waals surface area (Å²) in [5, 5.41) is 9.91. The van der Waals surface area contributed by atoms with E-state index >= 15 is 0 Å². The van der Waals surface area contributed by atoms with Crippen LogP contribution in [0.15, 0.2) is 30.3 Å². The second-order valence-electron chi connectivity index (χ2n) is 4.75. The number of aliphatic hydroxyl groups is 1. The third-order valence-corrected chi connectivity index (χ3v) is 3.03. The van der Waals surface area contributed by atoms with E-state index in [2.05, 4.69) is 4.18 Å². The first kappa shape index (κ1) is 16.1. The lowest BCUT2D eigenvalue weighted by molar-refractivity contribution is -0.0198. The van der Waals surface area contributed by atoms with E-state index in [1.165, 1.54) is 6.92 Å². The highest BCUT2D eigenvalue weighted by molar-refractivity contribution is 7.85. The molecule has 1 N–H and O–H groups in total. The molecule has 0 aliphatic heterocycles. The van der Waals surface area contributed by atoms with Gasteiger partial charge in [0.05, 0.1) is 25.1 Å². The van der Waals surface area contributed by atoms with Gasteiger partial charge in [-0.25, -0.2) is 0 Å². The number of rotatable bonds is 8. The van der Waals surface area contributed by atoms with E-state index in [1.54, 1.807) is 0 Å². The maximum atomic E-state index is 10.8. The summed E-state index contributed by atoms with van der Waals surface area (Å²) >= 11 is 0. The molecule has 0 spiro atoms. The van der Waals surface area contributed by atoms with Gasteiger partial charge in [-0.05, 0) is 12.5 Å². The van der Waals surface area contributed by atoms with E-state index < -0.39 is 15.7 Å². The zero-order chi connectivity index (χ0) is 14.4. The number of hydrogen-bond donors (Lipinski definition) is 1. The molecule has 0 aromatic heterocycles. The summed E-state index contributed by atoms with van der Waals surface area (Å²) in [6.45, 7) is 2.05. The zero-order valence-electron chi connectivity index (χ0n) is 11.2. The Labute approximate surface area is 114 Å². The van der Waals surface area contributed by atoms with Crippen molar-refractivity contribution in [2.75, 3.05) is 19.5 Å². The molecule has 5 nitrogen and oxygen atoms in total. The van der Waals surface area contributed by atoms with E-state index in [0.29, 0.717) is 19.6 Å². The molecular formula is C13H20O5S. The first-order valence-electron chi connectivity index (χ1n) is 5.97. The van der Waals surface area contributed by atoms with Crippen molar-refractivity contribution in [3.05, 3.63) is 35.9 Å². The maximum absolute atomic E-state index is 10.8. The standard InChI is InChI=1S/C13H20O5S/c1-13(14,11-18-19(2,15)16)8-9-17-10-12-6-4-3-5-7-12/h3-7,14H,8-11H2,1-2H3/t13-/m1/s1. The van der Waals surface area contributed by atoms with Crippen LogP contribution in [0, 0.1) is 0 Å². The molecule has 0 aliphatic rings. The van der Waals surface area contributed by atoms with Crippen molar-refractivity contribution in [2.45, 2.75) is 25.6 Å². The Morgan fingerprint density at radius 2 is 1.89 bits per heavy atom. The molecule has 1 aromatic rings. The molecule has 1 atom stereocenters. The molecule has 0 unspecified atom stereocenters. The van der Waals surface area contributed by atoms with Gasteiger partial charge in [-0.3, -0.25) is 4.18 Å². The van der Waals surface area contributed by atoms with Crippen LogP contribution in [0.2, 0.25) is 0 Å². The first-order chi connectivity index (χ1) is 8.79. The molecule has 1 aromatic carbocycles. The van der Waals surface area contributed by atoms with Crippen LogP contribution in [0.3, 0.4) is 0 Å². The molecular weight excluding hydrogens is 268 g/mol. The molecule has 0 saturated heterocycles. The molecule has 19 heavy (non-hydrogen) atoms. The summed E-state index contributed by atoms with van der Waals surface area (Å²) in [4.78, 5) is 0. The van der Waals surface area contributed by atoms with Crippen LogP contribution < -0.4 is 0 Å². The summed E-state index contributed by atoms with van der Waals surface area (Å²) in [6, 6.07) is 9.68. The van der Waals surface area contributed by atoms with E-state index in [4.69, 9.17) is 4.74 Å². The molecule has 108 valence electrons. The van der Waals surface area contributed by atoms with Crippen LogP contribution in [0.4, 0.5) is 0 Å². The minimum absolute atomic E-state index is 0.263. The van der Waals surface area contributed by atoms with Crippen molar-refractivity contribution < 1.29 is 22.4 Å². The Morgan fingerprint density at radius 1 is 1.26 bits per heavy atom. The molecule has 0 heterocycles. The number of benzene rings is 1. The summed E-state index contributed by atoms with van der Waals surface area (Å²) in [7, 11) is -3.53. The van der Waals surface area contributed by atoms with Crippen molar-refractivity contribution in [2.24, 2.45) is 0 Å². The Kier molecular flexibility index (Phi) is 5.93. The molecule has 0 aliphatic carbocycles. The fraction of sp³-hybridized carbons (Fsp3) is 0.538. The van der Waals surface area contributed by atoms with Gasteiger partial charge in [-0.15, -0.1) is 0 Å². The molecule has 6 heteroatoms. The highest BCUT2D eigenvalue weighted by atomic mass is 32.2. The van der Waals surface area contributed by atoms with Gasteiger partial charge < -0.3 is 9.84 Å². The van der Waals surface area contributed by atoms with Crippen LogP contribution >= 0.6 is 0 Å². The van der Waals surface area contributed by atoms with Gasteiger partial charge in [0.2, 0.25) is 0 Å². The molecule has 0 bridgehead atoms. The predicted molar refractivity (Wildman–Crippen MR) is 72.1 cm³/mol. The third kappa shape index (κ3) is 7.94. The normalized spacial score (nSPS) is 15.1. The summed E-state index contributed by atoms with van der Waals surface area (Å²) < 4.78 is 31.7. The zero-order valence-corrected chi connectivity index (χ0v) is 12.0. The van der Waals surface area contributed by atoms with E-state index in [0.717, 1.165) is 11.8 Å². The van der Waals surface area contributed by atoms with E-state index in [-0.39, 0.29) is 6.61 Å². The van der Waals surface area contributed by atoms with E-state index in [1.807, 2.05) is 30.3 Å². The number of hydrogen-bond acceptors (Lipinski definition) is 5. The Hall–Kier alpha value is -0.950. The second-order valence-corrected chi connectivity index (χ2v) is 6.40. The topological polar surface area (TPSA) is 72.8 Å². The van der Waals surface area contributed by atoms with Crippen molar-refractivity contribution >= 4 is 10.1 Å². The SMILES string of the molecule is C[C@@](O)(CCOCc1ccccc1)COS(C)(=O)=O. The van der Waals surface area contributed by atoms with Gasteiger partial charge in [0.1, 0.15) is 0 Å². The van der Waals surface area contributed by atoms with Crippen LogP contribution in [-0.4, -0.2) is 38.6 Å². The van der Waals surface area contributed by atoms with Gasteiger partial charge >= 0.3 is 0 Å². The van der Waals surface area contributed by atoms with Gasteiger partial charge in [-0.1, -0.05) is 30.3 Å². The molecule has 0 radical (unpaired) electrons. The largest absolute Gasteiger partial charge is 0.388 e. The number of ether oxygens (including phenoxy) is 1. The average molecular weight is 288 g/mol. The maximum Gasteiger partial charge on any atom is 0.264 e. The van der Waals surface area contributed by atoms with Crippen LogP contribution in [0.5, 0.6) is 0 Å². The lowest BCUT2D eigenvalue weighted by Gasteiger charge is -2.22. The Bertz CT molecular complexity index is 467. The lowest BCUT2D eigenvalue weighted by atomic mass is 10.1. The van der Waals surface area contributed by atoms with Crippen molar-refractivity contribution in [3.8, 4) is 0 Å². The van der Waals surface area contributed by atoms with Gasteiger partial charge in [0, 0.05) is 13.0 Å². The van der Waals surface area contributed by atoms with Gasteiger partial charge in [-0.2, -0.15) is 8.42 Å². The molecule has 1 rings (SSSR count). The highest BCUT2D eigenvalue weighted by Gasteiger charge is 2.22. The Balaban J connectivity index is 2.24. The third-order valence-electron chi connectivity index (χ3n) is 2.48.